The highest BCUT2D eigenvalue weighted by atomic mass is 16.5. The average molecular weight is 320 g/mol. The topological polar surface area (TPSA) is 54.1 Å². The number of esters is 1. The molecular formula is C20H20N2O2. The number of methoxy groups -OCH3 is 1. The first kappa shape index (κ1) is 15.0. The number of para-hydroxylation sites is 1. The maximum Gasteiger partial charge on any atom is 0.323 e. The van der Waals surface area contributed by atoms with Crippen molar-refractivity contribution in [1.29, 1.82) is 0 Å². The summed E-state index contributed by atoms with van der Waals surface area (Å²) >= 11 is 0. The van der Waals surface area contributed by atoms with E-state index in [-0.39, 0.29) is 18.1 Å². The van der Waals surface area contributed by atoms with Crippen LogP contribution in [0, 0.1) is 6.92 Å². The number of aromatic amines is 1. The smallest absolute Gasteiger partial charge is 0.323 e. The van der Waals surface area contributed by atoms with Crippen molar-refractivity contribution in [3.8, 4) is 0 Å². The molecule has 0 aliphatic carbocycles. The van der Waals surface area contributed by atoms with Crippen molar-refractivity contribution in [2.75, 3.05) is 7.11 Å². The Labute approximate surface area is 140 Å². The Bertz CT molecular complexity index is 896. The maximum atomic E-state index is 12.2. The number of carbonyl (C=O) groups excluding carboxylic acids is 1. The standard InChI is InChI=1S/C20H20N2O2/c1-12-7-9-13(10-8-12)18-19-15(11-17(22-18)20(23)24-2)14-5-3-4-6-16(14)21-19/h3-10,17-18,21-22H,11H2,1-2H3/t17-,18-/m1/s1. The first-order chi connectivity index (χ1) is 11.7. The van der Waals surface area contributed by atoms with Crippen molar-refractivity contribution in [2.45, 2.75) is 25.4 Å². The van der Waals surface area contributed by atoms with Gasteiger partial charge in [-0.05, 0) is 24.1 Å². The maximum absolute atomic E-state index is 12.2. The van der Waals surface area contributed by atoms with Gasteiger partial charge in [0.1, 0.15) is 6.04 Å². The van der Waals surface area contributed by atoms with Crippen LogP contribution in [0.4, 0.5) is 0 Å². The highest BCUT2D eigenvalue weighted by Crippen LogP contribution is 2.35. The SMILES string of the molecule is COC(=O)[C@H]1Cc2c([nH]c3ccccc23)[C@@H](c2ccc(C)cc2)N1. The van der Waals surface area contributed by atoms with Crippen LogP contribution < -0.4 is 5.32 Å². The summed E-state index contributed by atoms with van der Waals surface area (Å²) in [6, 6.07) is 16.3. The molecule has 2 atom stereocenters. The summed E-state index contributed by atoms with van der Waals surface area (Å²) in [5.41, 5.74) is 5.80. The number of rotatable bonds is 2. The van der Waals surface area contributed by atoms with Crippen LogP contribution in [0.15, 0.2) is 48.5 Å². The van der Waals surface area contributed by atoms with Gasteiger partial charge in [-0.15, -0.1) is 0 Å². The molecule has 3 aromatic rings. The number of fused-ring (bicyclic) bond motifs is 3. The van der Waals surface area contributed by atoms with E-state index in [1.54, 1.807) is 0 Å². The molecule has 122 valence electrons. The van der Waals surface area contributed by atoms with Crippen LogP contribution in [0.2, 0.25) is 0 Å². The molecule has 4 nitrogen and oxygen atoms in total. The van der Waals surface area contributed by atoms with E-state index in [1.165, 1.54) is 23.6 Å². The normalized spacial score (nSPS) is 19.9. The second-order valence-corrected chi connectivity index (χ2v) is 6.35. The molecule has 0 fully saturated rings. The van der Waals surface area contributed by atoms with Crippen LogP contribution in [0.25, 0.3) is 10.9 Å². The lowest BCUT2D eigenvalue weighted by Crippen LogP contribution is -2.45. The van der Waals surface area contributed by atoms with E-state index in [4.69, 9.17) is 4.74 Å². The number of aromatic nitrogens is 1. The molecule has 0 spiro atoms. The van der Waals surface area contributed by atoms with Gasteiger partial charge < -0.3 is 9.72 Å². The molecule has 2 N–H and O–H groups in total. The van der Waals surface area contributed by atoms with Crippen LogP contribution >= 0.6 is 0 Å². The van der Waals surface area contributed by atoms with E-state index in [2.05, 4.69) is 53.6 Å². The number of H-pyrrole nitrogens is 1. The van der Waals surface area contributed by atoms with Gasteiger partial charge in [0.2, 0.25) is 0 Å². The Morgan fingerprint density at radius 3 is 2.62 bits per heavy atom. The van der Waals surface area contributed by atoms with Gasteiger partial charge in [-0.2, -0.15) is 0 Å². The second-order valence-electron chi connectivity index (χ2n) is 6.35. The van der Waals surface area contributed by atoms with Crippen molar-refractivity contribution in [1.82, 2.24) is 10.3 Å². The fourth-order valence-corrected chi connectivity index (χ4v) is 3.55. The predicted molar refractivity (Wildman–Crippen MR) is 94.0 cm³/mol. The van der Waals surface area contributed by atoms with E-state index >= 15 is 0 Å². The fraction of sp³-hybridized carbons (Fsp3) is 0.250. The zero-order chi connectivity index (χ0) is 16.7. The third-order valence-corrected chi connectivity index (χ3v) is 4.81. The van der Waals surface area contributed by atoms with E-state index in [9.17, 15) is 4.79 Å². The zero-order valence-electron chi connectivity index (χ0n) is 13.8. The molecule has 0 saturated carbocycles. The predicted octanol–water partition coefficient (Wildman–Crippen LogP) is 3.25. The van der Waals surface area contributed by atoms with Crippen LogP contribution in [-0.2, 0) is 16.0 Å². The molecule has 4 heteroatoms. The number of hydrogen-bond acceptors (Lipinski definition) is 3. The van der Waals surface area contributed by atoms with Gasteiger partial charge in [-0.1, -0.05) is 48.0 Å². The molecule has 0 saturated heterocycles. The molecule has 0 amide bonds. The van der Waals surface area contributed by atoms with Crippen molar-refractivity contribution in [2.24, 2.45) is 0 Å². The third kappa shape index (κ3) is 2.39. The number of hydrogen-bond donors (Lipinski definition) is 2. The first-order valence-corrected chi connectivity index (χ1v) is 8.17. The van der Waals surface area contributed by atoms with Gasteiger partial charge in [0.05, 0.1) is 13.2 Å². The molecular weight excluding hydrogens is 300 g/mol. The van der Waals surface area contributed by atoms with Crippen LogP contribution in [0.1, 0.15) is 28.4 Å². The largest absolute Gasteiger partial charge is 0.468 e. The molecule has 2 heterocycles. The zero-order valence-corrected chi connectivity index (χ0v) is 13.8. The average Bonchev–Trinajstić information content (AvgIpc) is 2.99. The van der Waals surface area contributed by atoms with Crippen molar-refractivity contribution < 1.29 is 9.53 Å². The molecule has 0 bridgehead atoms. The van der Waals surface area contributed by atoms with Gasteiger partial charge in [-0.25, -0.2) is 0 Å². The summed E-state index contributed by atoms with van der Waals surface area (Å²) in [6.45, 7) is 2.07. The fourth-order valence-electron chi connectivity index (χ4n) is 3.55. The highest BCUT2D eigenvalue weighted by molar-refractivity contribution is 5.87. The summed E-state index contributed by atoms with van der Waals surface area (Å²) in [6.07, 6.45) is 0.633. The quantitative estimate of drug-likeness (QED) is 0.713. The number of ether oxygens (including phenoxy) is 1. The van der Waals surface area contributed by atoms with E-state index < -0.39 is 0 Å². The molecule has 2 aromatic carbocycles. The number of carbonyl (C=O) groups is 1. The third-order valence-electron chi connectivity index (χ3n) is 4.81. The van der Waals surface area contributed by atoms with Gasteiger partial charge in [0.25, 0.3) is 0 Å². The number of benzene rings is 2. The Hall–Kier alpha value is -2.59. The van der Waals surface area contributed by atoms with Crippen molar-refractivity contribution in [3.63, 3.8) is 0 Å². The minimum atomic E-state index is -0.340. The van der Waals surface area contributed by atoms with E-state index in [0.29, 0.717) is 6.42 Å². The van der Waals surface area contributed by atoms with Crippen LogP contribution in [-0.4, -0.2) is 24.1 Å². The summed E-state index contributed by atoms with van der Waals surface area (Å²) in [7, 11) is 1.44. The van der Waals surface area contributed by atoms with Crippen molar-refractivity contribution in [3.05, 3.63) is 70.9 Å². The van der Waals surface area contributed by atoms with Gasteiger partial charge in [-0.3, -0.25) is 10.1 Å². The van der Waals surface area contributed by atoms with Gasteiger partial charge in [0, 0.05) is 23.0 Å². The lowest BCUT2D eigenvalue weighted by atomic mass is 9.90. The minimum absolute atomic E-state index is 0.0501. The first-order valence-electron chi connectivity index (χ1n) is 8.17. The molecule has 1 aliphatic rings. The molecule has 24 heavy (non-hydrogen) atoms. The van der Waals surface area contributed by atoms with Crippen molar-refractivity contribution >= 4 is 16.9 Å². The Morgan fingerprint density at radius 2 is 1.88 bits per heavy atom. The van der Waals surface area contributed by atoms with E-state index in [1.807, 2.05) is 12.1 Å². The number of nitrogens with one attached hydrogen (secondary N) is 2. The highest BCUT2D eigenvalue weighted by Gasteiger charge is 2.34. The summed E-state index contributed by atoms with van der Waals surface area (Å²) < 4.78 is 4.99. The summed E-state index contributed by atoms with van der Waals surface area (Å²) in [4.78, 5) is 15.7. The Morgan fingerprint density at radius 1 is 1.12 bits per heavy atom. The number of aryl methyl sites for hydroxylation is 1. The lowest BCUT2D eigenvalue weighted by molar-refractivity contribution is -0.143. The molecule has 1 aliphatic heterocycles. The molecule has 4 rings (SSSR count). The summed E-state index contributed by atoms with van der Waals surface area (Å²) in [5, 5.41) is 4.63. The van der Waals surface area contributed by atoms with Gasteiger partial charge in [0.15, 0.2) is 0 Å². The van der Waals surface area contributed by atoms with E-state index in [0.717, 1.165) is 16.8 Å². The monoisotopic (exact) mass is 320 g/mol. The summed E-state index contributed by atoms with van der Waals surface area (Å²) in [5.74, 6) is -0.219. The Kier molecular flexibility index (Phi) is 3.62. The molecule has 1 aromatic heterocycles. The lowest BCUT2D eigenvalue weighted by Gasteiger charge is -2.30. The second kappa shape index (κ2) is 5.80. The van der Waals surface area contributed by atoms with Crippen LogP contribution in [0.3, 0.4) is 0 Å². The Balaban J connectivity index is 1.86. The molecule has 0 radical (unpaired) electrons. The van der Waals surface area contributed by atoms with Gasteiger partial charge >= 0.3 is 5.97 Å². The minimum Gasteiger partial charge on any atom is -0.468 e. The molecule has 0 unspecified atom stereocenters. The van der Waals surface area contributed by atoms with Crippen LogP contribution in [0.5, 0.6) is 0 Å².